The van der Waals surface area contributed by atoms with Crippen molar-refractivity contribution in [2.24, 2.45) is 0 Å². The molecular weight excluding hydrogens is 164 g/mol. The second-order valence-corrected chi connectivity index (χ2v) is 3.18. The third-order valence-electron chi connectivity index (χ3n) is 1.91. The maximum Gasteiger partial charge on any atom is 0.134 e. The van der Waals surface area contributed by atoms with Crippen molar-refractivity contribution in [1.29, 1.82) is 0 Å². The summed E-state index contributed by atoms with van der Waals surface area (Å²) in [6.45, 7) is 3.57. The molecular formula is C11H14O2. The second-order valence-electron chi connectivity index (χ2n) is 3.18. The van der Waals surface area contributed by atoms with Crippen LogP contribution in [0.4, 0.5) is 0 Å². The maximum atomic E-state index is 10.8. The number of hydrogen-bond acceptors (Lipinski definition) is 2. The van der Waals surface area contributed by atoms with Gasteiger partial charge in [-0.15, -0.1) is 0 Å². The van der Waals surface area contributed by atoms with E-state index in [1.54, 1.807) is 14.0 Å². The average Bonchev–Trinajstić information content (AvgIpc) is 2.03. The van der Waals surface area contributed by atoms with E-state index in [0.29, 0.717) is 6.42 Å². The van der Waals surface area contributed by atoms with Crippen LogP contribution in [0.1, 0.15) is 18.1 Å². The van der Waals surface area contributed by atoms with Gasteiger partial charge in [0.25, 0.3) is 0 Å². The zero-order chi connectivity index (χ0) is 9.84. The van der Waals surface area contributed by atoms with Crippen LogP contribution in [0.25, 0.3) is 0 Å². The normalized spacial score (nSPS) is 9.77. The Morgan fingerprint density at radius 1 is 1.46 bits per heavy atom. The molecule has 0 amide bonds. The van der Waals surface area contributed by atoms with Gasteiger partial charge in [-0.05, 0) is 31.0 Å². The number of hydrogen-bond donors (Lipinski definition) is 0. The number of ketones is 1. The Hall–Kier alpha value is -1.31. The molecule has 0 heterocycles. The van der Waals surface area contributed by atoms with Gasteiger partial charge < -0.3 is 4.74 Å². The summed E-state index contributed by atoms with van der Waals surface area (Å²) in [5.74, 6) is 1.05. The second kappa shape index (κ2) is 4.08. The molecule has 1 aromatic rings. The first-order valence-electron chi connectivity index (χ1n) is 4.26. The van der Waals surface area contributed by atoms with E-state index in [1.165, 1.54) is 0 Å². The van der Waals surface area contributed by atoms with Gasteiger partial charge in [0.05, 0.1) is 7.11 Å². The lowest BCUT2D eigenvalue weighted by Crippen LogP contribution is -1.97. The molecule has 0 saturated heterocycles. The fourth-order valence-corrected chi connectivity index (χ4v) is 1.34. The SMILES string of the molecule is COc1ccc(CC(C)=O)cc1C. The van der Waals surface area contributed by atoms with E-state index in [2.05, 4.69) is 0 Å². The Labute approximate surface area is 78.5 Å². The monoisotopic (exact) mass is 178 g/mol. The van der Waals surface area contributed by atoms with E-state index in [4.69, 9.17) is 4.74 Å². The van der Waals surface area contributed by atoms with Crippen LogP contribution >= 0.6 is 0 Å². The molecule has 0 saturated carbocycles. The molecule has 1 rings (SSSR count). The van der Waals surface area contributed by atoms with Gasteiger partial charge in [0.15, 0.2) is 0 Å². The minimum Gasteiger partial charge on any atom is -0.496 e. The third kappa shape index (κ3) is 2.58. The number of aryl methyl sites for hydroxylation is 1. The Morgan fingerprint density at radius 2 is 2.15 bits per heavy atom. The van der Waals surface area contributed by atoms with Crippen LogP contribution in [0.5, 0.6) is 5.75 Å². The molecule has 0 spiro atoms. The zero-order valence-electron chi connectivity index (χ0n) is 8.26. The van der Waals surface area contributed by atoms with Crippen molar-refractivity contribution in [2.75, 3.05) is 7.11 Å². The van der Waals surface area contributed by atoms with Gasteiger partial charge in [-0.25, -0.2) is 0 Å². The van der Waals surface area contributed by atoms with E-state index >= 15 is 0 Å². The molecule has 0 aliphatic rings. The first-order chi connectivity index (χ1) is 6.13. The lowest BCUT2D eigenvalue weighted by molar-refractivity contribution is -0.116. The number of methoxy groups -OCH3 is 1. The molecule has 0 N–H and O–H groups in total. The molecule has 70 valence electrons. The number of carbonyl (C=O) groups is 1. The fourth-order valence-electron chi connectivity index (χ4n) is 1.34. The van der Waals surface area contributed by atoms with Crippen LogP contribution in [0, 0.1) is 6.92 Å². The summed E-state index contributed by atoms with van der Waals surface area (Å²) in [5.41, 5.74) is 2.12. The Kier molecular flexibility index (Phi) is 3.07. The zero-order valence-corrected chi connectivity index (χ0v) is 8.26. The fraction of sp³-hybridized carbons (Fsp3) is 0.364. The molecule has 0 atom stereocenters. The van der Waals surface area contributed by atoms with Crippen LogP contribution in [-0.2, 0) is 11.2 Å². The van der Waals surface area contributed by atoms with Crippen molar-refractivity contribution >= 4 is 5.78 Å². The van der Waals surface area contributed by atoms with E-state index in [9.17, 15) is 4.79 Å². The van der Waals surface area contributed by atoms with E-state index in [-0.39, 0.29) is 5.78 Å². The highest BCUT2D eigenvalue weighted by Gasteiger charge is 2.01. The summed E-state index contributed by atoms with van der Waals surface area (Å²) in [4.78, 5) is 10.8. The minimum atomic E-state index is 0.185. The maximum absolute atomic E-state index is 10.8. The highest BCUT2D eigenvalue weighted by Crippen LogP contribution is 2.18. The average molecular weight is 178 g/mol. The summed E-state index contributed by atoms with van der Waals surface area (Å²) in [6.07, 6.45) is 0.505. The summed E-state index contributed by atoms with van der Waals surface area (Å²) in [5, 5.41) is 0. The van der Waals surface area contributed by atoms with E-state index < -0.39 is 0 Å². The summed E-state index contributed by atoms with van der Waals surface area (Å²) < 4.78 is 5.12. The van der Waals surface area contributed by atoms with Gasteiger partial charge in [-0.3, -0.25) is 4.79 Å². The molecule has 1 aromatic carbocycles. The summed E-state index contributed by atoms with van der Waals surface area (Å²) in [6, 6.07) is 5.81. The van der Waals surface area contributed by atoms with Gasteiger partial charge in [-0.1, -0.05) is 12.1 Å². The quantitative estimate of drug-likeness (QED) is 0.708. The van der Waals surface area contributed by atoms with Crippen molar-refractivity contribution < 1.29 is 9.53 Å². The highest BCUT2D eigenvalue weighted by atomic mass is 16.5. The first-order valence-corrected chi connectivity index (χ1v) is 4.26. The van der Waals surface area contributed by atoms with Crippen molar-refractivity contribution in [3.05, 3.63) is 29.3 Å². The molecule has 2 heteroatoms. The minimum absolute atomic E-state index is 0.185. The van der Waals surface area contributed by atoms with Gasteiger partial charge in [0.2, 0.25) is 0 Å². The third-order valence-corrected chi connectivity index (χ3v) is 1.91. The van der Waals surface area contributed by atoms with Crippen molar-refractivity contribution in [1.82, 2.24) is 0 Å². The Morgan fingerprint density at radius 3 is 2.62 bits per heavy atom. The van der Waals surface area contributed by atoms with Crippen molar-refractivity contribution in [3.8, 4) is 5.75 Å². The van der Waals surface area contributed by atoms with Crippen LogP contribution in [-0.4, -0.2) is 12.9 Å². The smallest absolute Gasteiger partial charge is 0.134 e. The predicted octanol–water partition coefficient (Wildman–Crippen LogP) is 2.14. The lowest BCUT2D eigenvalue weighted by Gasteiger charge is -2.05. The molecule has 0 aromatic heterocycles. The number of ether oxygens (including phenoxy) is 1. The molecule has 0 fully saturated rings. The highest BCUT2D eigenvalue weighted by molar-refractivity contribution is 5.78. The molecule has 0 aliphatic carbocycles. The van der Waals surface area contributed by atoms with Gasteiger partial charge in [0, 0.05) is 6.42 Å². The van der Waals surface area contributed by atoms with Crippen LogP contribution in [0.2, 0.25) is 0 Å². The Balaban J connectivity index is 2.89. The van der Waals surface area contributed by atoms with E-state index in [0.717, 1.165) is 16.9 Å². The Bertz CT molecular complexity index is 316. The number of carbonyl (C=O) groups excluding carboxylic acids is 1. The molecule has 0 bridgehead atoms. The van der Waals surface area contributed by atoms with Crippen molar-refractivity contribution in [3.63, 3.8) is 0 Å². The van der Waals surface area contributed by atoms with E-state index in [1.807, 2.05) is 25.1 Å². The predicted molar refractivity (Wildman–Crippen MR) is 52.1 cm³/mol. The van der Waals surface area contributed by atoms with Crippen LogP contribution in [0.3, 0.4) is 0 Å². The molecule has 0 unspecified atom stereocenters. The standard InChI is InChI=1S/C11H14O2/c1-8-6-10(7-9(2)12)4-5-11(8)13-3/h4-6H,7H2,1-3H3. The largest absolute Gasteiger partial charge is 0.496 e. The topological polar surface area (TPSA) is 26.3 Å². The lowest BCUT2D eigenvalue weighted by atomic mass is 10.1. The van der Waals surface area contributed by atoms with Gasteiger partial charge >= 0.3 is 0 Å². The molecule has 0 radical (unpaired) electrons. The molecule has 2 nitrogen and oxygen atoms in total. The summed E-state index contributed by atoms with van der Waals surface area (Å²) >= 11 is 0. The number of benzene rings is 1. The van der Waals surface area contributed by atoms with Crippen LogP contribution in [0.15, 0.2) is 18.2 Å². The molecule has 0 aliphatic heterocycles. The van der Waals surface area contributed by atoms with Gasteiger partial charge in [-0.2, -0.15) is 0 Å². The summed E-state index contributed by atoms with van der Waals surface area (Å²) in [7, 11) is 1.65. The molecule has 13 heavy (non-hydrogen) atoms. The first kappa shape index (κ1) is 9.78. The van der Waals surface area contributed by atoms with Crippen molar-refractivity contribution in [2.45, 2.75) is 20.3 Å². The number of rotatable bonds is 3. The van der Waals surface area contributed by atoms with Gasteiger partial charge in [0.1, 0.15) is 11.5 Å². The number of Topliss-reactive ketones (excluding diaryl/α,β-unsaturated/α-hetero) is 1. The van der Waals surface area contributed by atoms with Crippen LogP contribution < -0.4 is 4.74 Å².